The largest absolute Gasteiger partial charge is 0.468 e. The van der Waals surface area contributed by atoms with Crippen molar-refractivity contribution in [2.75, 3.05) is 12.4 Å². The van der Waals surface area contributed by atoms with Gasteiger partial charge in [0.05, 0.1) is 24.4 Å². The molecule has 1 aromatic heterocycles. The number of amides is 1. The molecule has 0 radical (unpaired) electrons. The second kappa shape index (κ2) is 10.2. The molecule has 3 aromatic carbocycles. The molecule has 4 aromatic rings. The van der Waals surface area contributed by atoms with Gasteiger partial charge in [0.1, 0.15) is 17.7 Å². The molecule has 38 heavy (non-hydrogen) atoms. The first-order chi connectivity index (χ1) is 18.4. The minimum atomic E-state index is -0.684. The van der Waals surface area contributed by atoms with Gasteiger partial charge in [0.2, 0.25) is 0 Å². The van der Waals surface area contributed by atoms with Crippen LogP contribution in [-0.4, -0.2) is 29.0 Å². The number of nitrogens with one attached hydrogen (secondary N) is 1. The summed E-state index contributed by atoms with van der Waals surface area (Å²) in [6.45, 7) is 1.78. The van der Waals surface area contributed by atoms with Crippen LogP contribution in [0, 0.1) is 11.3 Å². The Labute approximate surface area is 220 Å². The lowest BCUT2D eigenvalue weighted by Crippen LogP contribution is -2.21. The van der Waals surface area contributed by atoms with Crippen molar-refractivity contribution in [1.29, 1.82) is 5.26 Å². The maximum absolute atomic E-state index is 12.6. The van der Waals surface area contributed by atoms with Crippen molar-refractivity contribution >= 4 is 17.9 Å². The van der Waals surface area contributed by atoms with E-state index >= 15 is 0 Å². The van der Waals surface area contributed by atoms with Gasteiger partial charge < -0.3 is 9.47 Å². The van der Waals surface area contributed by atoms with E-state index in [1.54, 1.807) is 6.92 Å². The molecule has 8 nitrogen and oxygen atoms in total. The maximum atomic E-state index is 12.6. The smallest absolute Gasteiger partial charge is 0.413 e. The molecule has 0 bridgehead atoms. The molecule has 1 amide bonds. The van der Waals surface area contributed by atoms with Crippen LogP contribution in [0.3, 0.4) is 0 Å². The fourth-order valence-electron chi connectivity index (χ4n) is 4.53. The summed E-state index contributed by atoms with van der Waals surface area (Å²) in [4.78, 5) is 24.8. The fourth-order valence-corrected chi connectivity index (χ4v) is 4.53. The molecule has 0 aliphatic heterocycles. The number of nitrogens with zero attached hydrogens (tertiary/aromatic N) is 3. The highest BCUT2D eigenvalue weighted by Crippen LogP contribution is 2.49. The monoisotopic (exact) mass is 506 g/mol. The molecule has 1 saturated carbocycles. The normalized spacial score (nSPS) is 14.1. The third-order valence-electron chi connectivity index (χ3n) is 6.87. The summed E-state index contributed by atoms with van der Waals surface area (Å²) >= 11 is 0. The Morgan fingerprint density at radius 3 is 2.21 bits per heavy atom. The van der Waals surface area contributed by atoms with Gasteiger partial charge in [-0.25, -0.2) is 9.48 Å². The van der Waals surface area contributed by atoms with Crippen molar-refractivity contribution in [3.8, 4) is 22.9 Å². The number of carbonyl (C=O) groups is 2. The molecule has 1 aliphatic carbocycles. The molecule has 0 saturated heterocycles. The number of ether oxygens (including phenoxy) is 2. The summed E-state index contributed by atoms with van der Waals surface area (Å²) in [5.41, 5.74) is 4.18. The highest BCUT2D eigenvalue weighted by Gasteiger charge is 2.52. The second-order valence-electron chi connectivity index (χ2n) is 9.21. The summed E-state index contributed by atoms with van der Waals surface area (Å²) in [7, 11) is 1.42. The lowest BCUT2D eigenvalue weighted by atomic mass is 9.94. The number of rotatable bonds is 7. The summed E-state index contributed by atoms with van der Waals surface area (Å²) in [5.74, 6) is 0.0424. The van der Waals surface area contributed by atoms with Crippen LogP contribution in [0.1, 0.15) is 42.6 Å². The van der Waals surface area contributed by atoms with E-state index in [-0.39, 0.29) is 17.4 Å². The van der Waals surface area contributed by atoms with Crippen LogP contribution < -0.4 is 5.32 Å². The zero-order chi connectivity index (χ0) is 26.7. The van der Waals surface area contributed by atoms with Crippen LogP contribution in [0.25, 0.3) is 16.8 Å². The quantitative estimate of drug-likeness (QED) is 0.312. The number of hydrogen-bond donors (Lipinski definition) is 1. The number of hydrogen-bond acceptors (Lipinski definition) is 6. The van der Waals surface area contributed by atoms with E-state index in [1.165, 1.54) is 18.0 Å². The highest BCUT2D eigenvalue weighted by molar-refractivity contribution is 5.87. The van der Waals surface area contributed by atoms with Gasteiger partial charge in [-0.1, -0.05) is 66.7 Å². The standard InChI is InChI=1S/C30H26N4O4/c1-20(21-6-4-3-5-7-21)38-29(36)33-27-24(18-31)19-32-34(27)26-14-10-23(11-15-26)22-8-12-25(13-9-22)30(16-17-30)28(35)37-2/h3-15,19-20H,16-17H2,1-2H3,(H,33,36)/t20-/m1/s1. The van der Waals surface area contributed by atoms with Crippen LogP contribution in [0.4, 0.5) is 10.6 Å². The molecule has 8 heteroatoms. The zero-order valence-corrected chi connectivity index (χ0v) is 21.0. The third kappa shape index (κ3) is 4.74. The lowest BCUT2D eigenvalue weighted by Gasteiger charge is -2.15. The van der Waals surface area contributed by atoms with E-state index in [2.05, 4.69) is 16.5 Å². The Kier molecular flexibility index (Phi) is 6.67. The summed E-state index contributed by atoms with van der Waals surface area (Å²) in [6, 6.07) is 27.0. The molecule has 0 unspecified atom stereocenters. The average molecular weight is 507 g/mol. The van der Waals surface area contributed by atoms with Gasteiger partial charge in [0.15, 0.2) is 5.82 Å². The van der Waals surface area contributed by atoms with Crippen LogP contribution in [-0.2, 0) is 19.7 Å². The van der Waals surface area contributed by atoms with Crippen LogP contribution in [0.15, 0.2) is 85.1 Å². The Morgan fingerprint density at radius 2 is 1.63 bits per heavy atom. The van der Waals surface area contributed by atoms with Crippen molar-refractivity contribution in [2.24, 2.45) is 0 Å². The zero-order valence-electron chi connectivity index (χ0n) is 21.0. The second-order valence-corrected chi connectivity index (χ2v) is 9.21. The van der Waals surface area contributed by atoms with E-state index < -0.39 is 17.6 Å². The molecule has 190 valence electrons. The summed E-state index contributed by atoms with van der Waals surface area (Å²) < 4.78 is 12.0. The molecule has 0 spiro atoms. The number of nitriles is 1. The summed E-state index contributed by atoms with van der Waals surface area (Å²) in [5, 5.41) is 16.5. The maximum Gasteiger partial charge on any atom is 0.413 e. The van der Waals surface area contributed by atoms with Gasteiger partial charge in [0, 0.05) is 0 Å². The average Bonchev–Trinajstić information content (AvgIpc) is 3.68. The minimum Gasteiger partial charge on any atom is -0.468 e. The first kappa shape index (κ1) is 24.8. The predicted molar refractivity (Wildman–Crippen MR) is 142 cm³/mol. The van der Waals surface area contributed by atoms with E-state index in [1.807, 2.05) is 78.9 Å². The van der Waals surface area contributed by atoms with E-state index in [9.17, 15) is 14.9 Å². The van der Waals surface area contributed by atoms with Crippen molar-refractivity contribution < 1.29 is 19.1 Å². The molecular weight excluding hydrogens is 480 g/mol. The predicted octanol–water partition coefficient (Wildman–Crippen LogP) is 5.93. The van der Waals surface area contributed by atoms with Gasteiger partial charge in [-0.05, 0) is 54.2 Å². The van der Waals surface area contributed by atoms with Gasteiger partial charge >= 0.3 is 12.1 Å². The van der Waals surface area contributed by atoms with Crippen molar-refractivity contribution in [1.82, 2.24) is 9.78 Å². The van der Waals surface area contributed by atoms with E-state index in [4.69, 9.17) is 9.47 Å². The number of aromatic nitrogens is 2. The molecule has 1 N–H and O–H groups in total. The number of esters is 1. The van der Waals surface area contributed by atoms with Crippen LogP contribution in [0.2, 0.25) is 0 Å². The first-order valence-corrected chi connectivity index (χ1v) is 12.3. The number of carbonyl (C=O) groups excluding carboxylic acids is 2. The van der Waals surface area contributed by atoms with E-state index in [0.29, 0.717) is 5.69 Å². The minimum absolute atomic E-state index is 0.187. The Hall–Kier alpha value is -4.90. The molecule has 1 atom stereocenters. The van der Waals surface area contributed by atoms with E-state index in [0.717, 1.165) is 35.1 Å². The van der Waals surface area contributed by atoms with Crippen molar-refractivity contribution in [3.05, 3.63) is 102 Å². The van der Waals surface area contributed by atoms with Crippen molar-refractivity contribution in [3.63, 3.8) is 0 Å². The Balaban J connectivity index is 1.32. The highest BCUT2D eigenvalue weighted by atomic mass is 16.6. The number of methoxy groups -OCH3 is 1. The molecule has 1 fully saturated rings. The fraction of sp³-hybridized carbons (Fsp3) is 0.200. The molecular formula is C30H26N4O4. The van der Waals surface area contributed by atoms with Crippen LogP contribution in [0.5, 0.6) is 0 Å². The van der Waals surface area contributed by atoms with Crippen molar-refractivity contribution in [2.45, 2.75) is 31.3 Å². The van der Waals surface area contributed by atoms with Crippen LogP contribution >= 0.6 is 0 Å². The van der Waals surface area contributed by atoms with Gasteiger partial charge in [-0.15, -0.1) is 0 Å². The molecule has 5 rings (SSSR count). The van der Waals surface area contributed by atoms with Gasteiger partial charge in [-0.2, -0.15) is 10.4 Å². The van der Waals surface area contributed by atoms with Gasteiger partial charge in [-0.3, -0.25) is 10.1 Å². The number of benzene rings is 3. The Bertz CT molecular complexity index is 1500. The third-order valence-corrected chi connectivity index (χ3v) is 6.87. The summed E-state index contributed by atoms with van der Waals surface area (Å²) in [6.07, 6.45) is 1.86. The Morgan fingerprint density at radius 1 is 1.00 bits per heavy atom. The molecule has 1 aliphatic rings. The molecule has 1 heterocycles. The topological polar surface area (TPSA) is 106 Å². The lowest BCUT2D eigenvalue weighted by molar-refractivity contribution is -0.143. The first-order valence-electron chi connectivity index (χ1n) is 12.3. The SMILES string of the molecule is COC(=O)C1(c2ccc(-c3ccc(-n4ncc(C#N)c4NC(=O)O[C@H](C)c4ccccc4)cc3)cc2)CC1. The van der Waals surface area contributed by atoms with Gasteiger partial charge in [0.25, 0.3) is 0 Å². The number of anilines is 1.